The summed E-state index contributed by atoms with van der Waals surface area (Å²) >= 11 is 3.38. The average Bonchev–Trinajstić information content (AvgIpc) is 2.46. The zero-order valence-electron chi connectivity index (χ0n) is 9.66. The second-order valence-corrected chi connectivity index (χ2v) is 4.58. The number of rotatable bonds is 4. The molecule has 5 heteroatoms. The van der Waals surface area contributed by atoms with Gasteiger partial charge < -0.3 is 14.4 Å². The first-order valence-corrected chi connectivity index (χ1v) is 5.93. The average molecular weight is 290 g/mol. The van der Waals surface area contributed by atoms with Crippen molar-refractivity contribution in [3.63, 3.8) is 0 Å². The monoisotopic (exact) mass is 289 g/mol. The van der Waals surface area contributed by atoms with Crippen molar-refractivity contribution in [3.05, 3.63) is 21.9 Å². The van der Waals surface area contributed by atoms with E-state index in [1.807, 2.05) is 20.8 Å². The minimum atomic E-state index is -0.329. The molecule has 0 aliphatic heterocycles. The maximum atomic E-state index is 11.7. The van der Waals surface area contributed by atoms with Gasteiger partial charge in [-0.25, -0.2) is 4.79 Å². The minimum absolute atomic E-state index is 0.0331. The molecule has 0 fully saturated rings. The van der Waals surface area contributed by atoms with E-state index < -0.39 is 0 Å². The van der Waals surface area contributed by atoms with Gasteiger partial charge >= 0.3 is 5.97 Å². The van der Waals surface area contributed by atoms with Crippen molar-refractivity contribution in [3.8, 4) is 0 Å². The Labute approximate surface area is 103 Å². The fourth-order valence-electron chi connectivity index (χ4n) is 1.39. The lowest BCUT2D eigenvalue weighted by molar-refractivity contribution is 0.0377. The molecule has 1 aromatic heterocycles. The Balaban J connectivity index is 2.96. The van der Waals surface area contributed by atoms with Crippen molar-refractivity contribution < 1.29 is 14.6 Å². The fourth-order valence-corrected chi connectivity index (χ4v) is 1.88. The number of aliphatic hydroxyl groups is 1. The lowest BCUT2D eigenvalue weighted by atomic mass is 10.2. The molecule has 0 saturated heterocycles. The van der Waals surface area contributed by atoms with Crippen molar-refractivity contribution in [1.82, 2.24) is 4.57 Å². The molecule has 1 rings (SSSR count). The summed E-state index contributed by atoms with van der Waals surface area (Å²) < 4.78 is 7.71. The first kappa shape index (κ1) is 13.3. The van der Waals surface area contributed by atoms with E-state index in [4.69, 9.17) is 9.84 Å². The van der Waals surface area contributed by atoms with Gasteiger partial charge in [-0.15, -0.1) is 0 Å². The Bertz CT molecular complexity index is 385. The third-order valence-electron chi connectivity index (χ3n) is 2.15. The normalized spacial score (nSPS) is 10.9. The second-order valence-electron chi connectivity index (χ2n) is 3.83. The quantitative estimate of drug-likeness (QED) is 0.864. The molecule has 90 valence electrons. The van der Waals surface area contributed by atoms with Crippen LogP contribution in [0.4, 0.5) is 0 Å². The zero-order valence-corrected chi connectivity index (χ0v) is 11.2. The first-order chi connectivity index (χ1) is 7.47. The number of hydrogen-bond acceptors (Lipinski definition) is 3. The van der Waals surface area contributed by atoms with Gasteiger partial charge in [-0.2, -0.15) is 0 Å². The number of halogens is 1. The predicted molar refractivity (Wildman–Crippen MR) is 64.5 cm³/mol. The van der Waals surface area contributed by atoms with Crippen LogP contribution in [-0.4, -0.2) is 28.4 Å². The summed E-state index contributed by atoms with van der Waals surface area (Å²) in [6, 6.07) is 0. The van der Waals surface area contributed by atoms with Crippen LogP contribution in [-0.2, 0) is 11.3 Å². The van der Waals surface area contributed by atoms with Gasteiger partial charge in [0.15, 0.2) is 0 Å². The number of ether oxygens (including phenoxy) is 1. The third-order valence-corrected chi connectivity index (χ3v) is 3.20. The van der Waals surface area contributed by atoms with Gasteiger partial charge in [-0.3, -0.25) is 0 Å². The molecule has 0 saturated carbocycles. The van der Waals surface area contributed by atoms with Gasteiger partial charge in [0.1, 0.15) is 0 Å². The molecule has 1 heterocycles. The van der Waals surface area contributed by atoms with Crippen LogP contribution in [0.1, 0.15) is 29.8 Å². The number of aromatic nitrogens is 1. The van der Waals surface area contributed by atoms with Crippen LogP contribution in [0.5, 0.6) is 0 Å². The molecule has 0 atom stereocenters. The van der Waals surface area contributed by atoms with Crippen LogP contribution in [0.25, 0.3) is 0 Å². The lowest BCUT2D eigenvalue weighted by Crippen LogP contribution is -2.11. The number of nitrogens with zero attached hydrogens (tertiary/aromatic N) is 1. The van der Waals surface area contributed by atoms with Crippen molar-refractivity contribution in [1.29, 1.82) is 0 Å². The topological polar surface area (TPSA) is 51.5 Å². The number of carbonyl (C=O) groups is 1. The highest BCUT2D eigenvalue weighted by Crippen LogP contribution is 2.23. The van der Waals surface area contributed by atoms with E-state index in [-0.39, 0.29) is 18.7 Å². The van der Waals surface area contributed by atoms with E-state index in [0.29, 0.717) is 12.1 Å². The number of aliphatic hydroxyl groups excluding tert-OH is 1. The summed E-state index contributed by atoms with van der Waals surface area (Å²) in [4.78, 5) is 11.7. The summed E-state index contributed by atoms with van der Waals surface area (Å²) in [7, 11) is 0. The highest BCUT2D eigenvalue weighted by atomic mass is 79.9. The molecule has 0 aliphatic rings. The third kappa shape index (κ3) is 2.86. The molecule has 0 spiro atoms. The molecule has 0 radical (unpaired) electrons. The summed E-state index contributed by atoms with van der Waals surface area (Å²) in [5.41, 5.74) is 1.37. The van der Waals surface area contributed by atoms with E-state index in [0.717, 1.165) is 10.2 Å². The van der Waals surface area contributed by atoms with Gasteiger partial charge in [0.25, 0.3) is 0 Å². The Morgan fingerprint density at radius 1 is 1.62 bits per heavy atom. The van der Waals surface area contributed by atoms with E-state index in [1.165, 1.54) is 0 Å². The molecule has 1 N–H and O–H groups in total. The molecule has 0 aliphatic carbocycles. The molecular formula is C11H16BrNO3. The van der Waals surface area contributed by atoms with Crippen LogP contribution >= 0.6 is 15.9 Å². The van der Waals surface area contributed by atoms with E-state index >= 15 is 0 Å². The maximum Gasteiger partial charge on any atom is 0.340 e. The van der Waals surface area contributed by atoms with Crippen LogP contribution in [0.3, 0.4) is 0 Å². The van der Waals surface area contributed by atoms with Crippen LogP contribution in [0, 0.1) is 6.92 Å². The number of esters is 1. The Morgan fingerprint density at radius 2 is 2.25 bits per heavy atom. The van der Waals surface area contributed by atoms with Gasteiger partial charge in [0, 0.05) is 12.7 Å². The second kappa shape index (κ2) is 5.50. The molecular weight excluding hydrogens is 274 g/mol. The summed E-state index contributed by atoms with van der Waals surface area (Å²) in [6.45, 7) is 5.95. The van der Waals surface area contributed by atoms with Crippen LogP contribution in [0.2, 0.25) is 0 Å². The molecule has 16 heavy (non-hydrogen) atoms. The van der Waals surface area contributed by atoms with E-state index in [2.05, 4.69) is 15.9 Å². The molecule has 4 nitrogen and oxygen atoms in total. The SMILES string of the molecule is Cc1c(C(=O)OC(C)C)cn(CCO)c1Br. The van der Waals surface area contributed by atoms with Gasteiger partial charge in [0.2, 0.25) is 0 Å². The van der Waals surface area contributed by atoms with E-state index in [9.17, 15) is 4.79 Å². The van der Waals surface area contributed by atoms with Gasteiger partial charge in [-0.05, 0) is 42.3 Å². The summed E-state index contributed by atoms with van der Waals surface area (Å²) in [6.07, 6.45) is 1.56. The van der Waals surface area contributed by atoms with Crippen LogP contribution in [0.15, 0.2) is 10.8 Å². The van der Waals surface area contributed by atoms with Gasteiger partial charge in [-0.1, -0.05) is 0 Å². The number of hydrogen-bond donors (Lipinski definition) is 1. The minimum Gasteiger partial charge on any atom is -0.459 e. The smallest absolute Gasteiger partial charge is 0.340 e. The van der Waals surface area contributed by atoms with E-state index in [1.54, 1.807) is 10.8 Å². The molecule has 0 bridgehead atoms. The summed E-state index contributed by atoms with van der Waals surface area (Å²) in [5, 5.41) is 8.87. The molecule has 0 aromatic carbocycles. The molecule has 1 aromatic rings. The molecule has 0 unspecified atom stereocenters. The molecule has 0 amide bonds. The zero-order chi connectivity index (χ0) is 12.3. The Morgan fingerprint density at radius 3 is 2.75 bits per heavy atom. The highest BCUT2D eigenvalue weighted by Gasteiger charge is 2.18. The standard InChI is InChI=1S/C11H16BrNO3/c1-7(2)16-11(15)9-6-13(4-5-14)10(12)8(9)3/h6-7,14H,4-5H2,1-3H3. The number of carbonyl (C=O) groups excluding carboxylic acids is 1. The van der Waals surface area contributed by atoms with Crippen molar-refractivity contribution in [2.24, 2.45) is 0 Å². The summed E-state index contributed by atoms with van der Waals surface area (Å²) in [5.74, 6) is -0.329. The van der Waals surface area contributed by atoms with Gasteiger partial charge in [0.05, 0.1) is 22.9 Å². The van der Waals surface area contributed by atoms with Crippen molar-refractivity contribution >= 4 is 21.9 Å². The maximum absolute atomic E-state index is 11.7. The van der Waals surface area contributed by atoms with Crippen LogP contribution < -0.4 is 0 Å². The first-order valence-electron chi connectivity index (χ1n) is 5.14. The largest absolute Gasteiger partial charge is 0.459 e. The highest BCUT2D eigenvalue weighted by molar-refractivity contribution is 9.10. The van der Waals surface area contributed by atoms with Crippen molar-refractivity contribution in [2.45, 2.75) is 33.4 Å². The van der Waals surface area contributed by atoms with Crippen molar-refractivity contribution in [2.75, 3.05) is 6.61 Å². The predicted octanol–water partition coefficient (Wildman–Crippen LogP) is 2.12. The fraction of sp³-hybridized carbons (Fsp3) is 0.545. The lowest BCUT2D eigenvalue weighted by Gasteiger charge is -2.06. The Hall–Kier alpha value is -0.810. The Kier molecular flexibility index (Phi) is 4.56.